The molecule has 2 N–H and O–H groups in total. The highest BCUT2D eigenvalue weighted by Gasteiger charge is 2.10. The Hall–Kier alpha value is -2.94. The molecule has 1 aromatic carbocycles. The van der Waals surface area contributed by atoms with Crippen molar-refractivity contribution in [2.45, 2.75) is 13.8 Å². The molecule has 9 heteroatoms. The number of urea groups is 1. The molecule has 0 spiro atoms. The number of halogens is 1. The van der Waals surface area contributed by atoms with E-state index in [2.05, 4.69) is 38.4 Å². The van der Waals surface area contributed by atoms with Crippen LogP contribution in [0.3, 0.4) is 0 Å². The van der Waals surface area contributed by atoms with E-state index in [9.17, 15) is 9.18 Å². The van der Waals surface area contributed by atoms with Gasteiger partial charge in [-0.3, -0.25) is 9.62 Å². The highest BCUT2D eigenvalue weighted by molar-refractivity contribution is 7.78. The van der Waals surface area contributed by atoms with Gasteiger partial charge in [-0.25, -0.2) is 24.1 Å². The zero-order valence-electron chi connectivity index (χ0n) is 14.2. The average Bonchev–Trinajstić information content (AvgIpc) is 2.63. The van der Waals surface area contributed by atoms with Gasteiger partial charge < -0.3 is 5.32 Å². The third-order valence-electron chi connectivity index (χ3n) is 3.64. The second kappa shape index (κ2) is 7.52. The van der Waals surface area contributed by atoms with Crippen molar-refractivity contribution in [2.24, 2.45) is 0 Å². The van der Waals surface area contributed by atoms with Crippen LogP contribution in [0.4, 0.5) is 26.5 Å². The van der Waals surface area contributed by atoms with Gasteiger partial charge in [-0.1, -0.05) is 18.9 Å². The molecule has 0 atom stereocenters. The Kier molecular flexibility index (Phi) is 5.17. The summed E-state index contributed by atoms with van der Waals surface area (Å²) in [5.41, 5.74) is 2.39. The van der Waals surface area contributed by atoms with E-state index in [1.54, 1.807) is 31.3 Å². The Bertz CT molecular complexity index is 967. The standard InChI is InChI=1S/C17H17FN6OS/c1-3-24(26)17(25)23-14-7-6-12-16(21-14)22-15(9-19-12)20-13-8-11(18)5-4-10(13)2/h4-9,26H,3H2,1-2H3,(H2,20,21,22,23,25). The van der Waals surface area contributed by atoms with Crippen LogP contribution >= 0.6 is 12.8 Å². The molecule has 0 bridgehead atoms. The molecular weight excluding hydrogens is 355 g/mol. The van der Waals surface area contributed by atoms with Crippen molar-refractivity contribution < 1.29 is 9.18 Å². The highest BCUT2D eigenvalue weighted by atomic mass is 32.1. The van der Waals surface area contributed by atoms with Gasteiger partial charge in [-0.15, -0.1) is 0 Å². The summed E-state index contributed by atoms with van der Waals surface area (Å²) in [5.74, 6) is 0.414. The van der Waals surface area contributed by atoms with Crippen molar-refractivity contribution in [3.63, 3.8) is 0 Å². The number of pyridine rings is 1. The van der Waals surface area contributed by atoms with Crippen LogP contribution in [-0.4, -0.2) is 31.8 Å². The molecule has 7 nitrogen and oxygen atoms in total. The zero-order chi connectivity index (χ0) is 18.7. The molecule has 26 heavy (non-hydrogen) atoms. The summed E-state index contributed by atoms with van der Waals surface area (Å²) in [6.07, 6.45) is 1.54. The molecule has 0 aliphatic carbocycles. The fourth-order valence-corrected chi connectivity index (χ4v) is 2.26. The molecule has 0 aliphatic rings. The molecular formula is C17H17FN6OS. The maximum absolute atomic E-state index is 13.4. The van der Waals surface area contributed by atoms with Crippen LogP contribution in [0.2, 0.25) is 0 Å². The van der Waals surface area contributed by atoms with Crippen molar-refractivity contribution >= 4 is 47.3 Å². The first-order chi connectivity index (χ1) is 12.5. The SMILES string of the molecule is CCN(S)C(=O)Nc1ccc2ncc(Nc3cc(F)ccc3C)nc2n1. The summed E-state index contributed by atoms with van der Waals surface area (Å²) in [5, 5.41) is 5.66. The molecule has 0 saturated carbocycles. The molecule has 134 valence electrons. The summed E-state index contributed by atoms with van der Waals surface area (Å²) in [6, 6.07) is 7.41. The van der Waals surface area contributed by atoms with Crippen molar-refractivity contribution in [2.75, 3.05) is 17.2 Å². The van der Waals surface area contributed by atoms with Gasteiger partial charge in [0.25, 0.3) is 0 Å². The lowest BCUT2D eigenvalue weighted by atomic mass is 10.2. The average molecular weight is 372 g/mol. The number of hydrogen-bond acceptors (Lipinski definition) is 6. The normalized spacial score (nSPS) is 10.6. The first-order valence-corrected chi connectivity index (χ1v) is 8.30. The van der Waals surface area contributed by atoms with E-state index < -0.39 is 0 Å². The maximum Gasteiger partial charge on any atom is 0.332 e. The number of aryl methyl sites for hydroxylation is 1. The van der Waals surface area contributed by atoms with E-state index in [4.69, 9.17) is 0 Å². The van der Waals surface area contributed by atoms with Crippen molar-refractivity contribution in [1.29, 1.82) is 0 Å². The van der Waals surface area contributed by atoms with Crippen molar-refractivity contribution in [1.82, 2.24) is 19.3 Å². The van der Waals surface area contributed by atoms with Crippen LogP contribution in [0.1, 0.15) is 12.5 Å². The molecule has 2 heterocycles. The molecule has 3 aromatic rings. The van der Waals surface area contributed by atoms with Gasteiger partial charge >= 0.3 is 6.03 Å². The fraction of sp³-hybridized carbons (Fsp3) is 0.176. The van der Waals surface area contributed by atoms with Crippen LogP contribution in [0.25, 0.3) is 11.2 Å². The Labute approximate surface area is 155 Å². The lowest BCUT2D eigenvalue weighted by molar-refractivity contribution is 0.240. The van der Waals surface area contributed by atoms with Crippen LogP contribution in [-0.2, 0) is 0 Å². The Balaban J connectivity index is 1.87. The lowest BCUT2D eigenvalue weighted by Crippen LogP contribution is -2.27. The first kappa shape index (κ1) is 17.9. The highest BCUT2D eigenvalue weighted by Crippen LogP contribution is 2.21. The number of aromatic nitrogens is 3. The molecule has 0 radical (unpaired) electrons. The number of hydrogen-bond donors (Lipinski definition) is 3. The van der Waals surface area contributed by atoms with E-state index in [1.165, 1.54) is 16.4 Å². The van der Waals surface area contributed by atoms with E-state index >= 15 is 0 Å². The summed E-state index contributed by atoms with van der Waals surface area (Å²) in [4.78, 5) is 24.8. The van der Waals surface area contributed by atoms with Crippen LogP contribution in [0.5, 0.6) is 0 Å². The monoisotopic (exact) mass is 372 g/mol. The number of anilines is 3. The van der Waals surface area contributed by atoms with Gasteiger partial charge in [0.05, 0.1) is 6.20 Å². The topological polar surface area (TPSA) is 83.0 Å². The quantitative estimate of drug-likeness (QED) is 0.605. The number of benzene rings is 1. The van der Waals surface area contributed by atoms with Crippen LogP contribution < -0.4 is 10.6 Å². The number of carbonyl (C=O) groups is 1. The van der Waals surface area contributed by atoms with Gasteiger partial charge in [-0.2, -0.15) is 0 Å². The first-order valence-electron chi connectivity index (χ1n) is 7.90. The molecule has 2 amide bonds. The third kappa shape index (κ3) is 3.99. The zero-order valence-corrected chi connectivity index (χ0v) is 15.1. The van der Waals surface area contributed by atoms with E-state index in [0.29, 0.717) is 35.0 Å². The summed E-state index contributed by atoms with van der Waals surface area (Å²) >= 11 is 4.04. The molecule has 0 unspecified atom stereocenters. The largest absolute Gasteiger partial charge is 0.339 e. The molecule has 2 aromatic heterocycles. The maximum atomic E-state index is 13.4. The minimum absolute atomic E-state index is 0.336. The second-order valence-electron chi connectivity index (χ2n) is 5.52. The Morgan fingerprint density at radius 1 is 1.23 bits per heavy atom. The molecule has 3 rings (SSSR count). The third-order valence-corrected chi connectivity index (χ3v) is 4.10. The van der Waals surface area contributed by atoms with Crippen molar-refractivity contribution in [3.8, 4) is 0 Å². The summed E-state index contributed by atoms with van der Waals surface area (Å²) in [7, 11) is 0. The minimum Gasteiger partial charge on any atom is -0.339 e. The lowest BCUT2D eigenvalue weighted by Gasteiger charge is -2.13. The number of carbonyl (C=O) groups excluding carboxylic acids is 1. The number of amides is 2. The molecule has 0 fully saturated rings. The van der Waals surface area contributed by atoms with Gasteiger partial charge in [0, 0.05) is 12.2 Å². The second-order valence-corrected chi connectivity index (χ2v) is 6.01. The number of nitrogens with one attached hydrogen (secondary N) is 2. The van der Waals surface area contributed by atoms with E-state index in [1.807, 2.05) is 6.92 Å². The predicted molar refractivity (Wildman–Crippen MR) is 102 cm³/mol. The number of nitrogens with zero attached hydrogens (tertiary/aromatic N) is 4. The Morgan fingerprint density at radius 2 is 2.00 bits per heavy atom. The van der Waals surface area contributed by atoms with Gasteiger partial charge in [0.15, 0.2) is 11.5 Å². The molecule has 0 saturated heterocycles. The van der Waals surface area contributed by atoms with Gasteiger partial charge in [0.2, 0.25) is 0 Å². The van der Waals surface area contributed by atoms with Crippen molar-refractivity contribution in [3.05, 3.63) is 47.9 Å². The van der Waals surface area contributed by atoms with E-state index in [0.717, 1.165) is 5.56 Å². The minimum atomic E-state index is -0.389. The smallest absolute Gasteiger partial charge is 0.332 e. The fourth-order valence-electron chi connectivity index (χ4n) is 2.21. The Morgan fingerprint density at radius 3 is 2.77 bits per heavy atom. The van der Waals surface area contributed by atoms with Gasteiger partial charge in [-0.05, 0) is 43.7 Å². The number of thiol groups is 1. The van der Waals surface area contributed by atoms with Gasteiger partial charge in [0.1, 0.15) is 17.2 Å². The van der Waals surface area contributed by atoms with Crippen LogP contribution in [0.15, 0.2) is 36.5 Å². The summed E-state index contributed by atoms with van der Waals surface area (Å²) < 4.78 is 14.7. The van der Waals surface area contributed by atoms with E-state index in [-0.39, 0.29) is 11.8 Å². The predicted octanol–water partition coefficient (Wildman–Crippen LogP) is 3.91. The van der Waals surface area contributed by atoms with Crippen LogP contribution in [0, 0.1) is 12.7 Å². The number of rotatable bonds is 4. The number of fused-ring (bicyclic) bond motifs is 1. The molecule has 0 aliphatic heterocycles. The summed E-state index contributed by atoms with van der Waals surface area (Å²) in [6.45, 7) is 4.11.